The van der Waals surface area contributed by atoms with E-state index in [9.17, 15) is 22.8 Å². The largest absolute Gasteiger partial charge is 0.298 e. The molecule has 2 aromatic heterocycles. The zero-order valence-electron chi connectivity index (χ0n) is 11.2. The van der Waals surface area contributed by atoms with Gasteiger partial charge in [-0.2, -0.15) is 0 Å². The van der Waals surface area contributed by atoms with Gasteiger partial charge in [0, 0.05) is 12.3 Å². The molecule has 0 N–H and O–H groups in total. The maximum absolute atomic E-state index is 14.0. The first-order chi connectivity index (χ1) is 10.9. The SMILES string of the molecule is O=Cc1cn(-c2ccc(F)cc2F)c2nc(Cl)c(F)cc2c1=O. The van der Waals surface area contributed by atoms with Crippen molar-refractivity contribution in [3.05, 3.63) is 68.9 Å². The highest BCUT2D eigenvalue weighted by molar-refractivity contribution is 6.29. The van der Waals surface area contributed by atoms with Crippen LogP contribution in [-0.4, -0.2) is 15.8 Å². The Morgan fingerprint density at radius 1 is 1.13 bits per heavy atom. The topological polar surface area (TPSA) is 52.0 Å². The summed E-state index contributed by atoms with van der Waals surface area (Å²) in [7, 11) is 0. The zero-order valence-corrected chi connectivity index (χ0v) is 11.9. The summed E-state index contributed by atoms with van der Waals surface area (Å²) >= 11 is 5.61. The number of nitrogens with zero attached hydrogens (tertiary/aromatic N) is 2. The third-order valence-corrected chi connectivity index (χ3v) is 3.48. The van der Waals surface area contributed by atoms with Gasteiger partial charge in [0.1, 0.15) is 11.6 Å². The van der Waals surface area contributed by atoms with Gasteiger partial charge in [0.25, 0.3) is 0 Å². The molecule has 116 valence electrons. The molecule has 0 spiro atoms. The van der Waals surface area contributed by atoms with Gasteiger partial charge in [0.05, 0.1) is 16.6 Å². The van der Waals surface area contributed by atoms with Crippen molar-refractivity contribution in [3.8, 4) is 5.69 Å². The second kappa shape index (κ2) is 5.51. The summed E-state index contributed by atoms with van der Waals surface area (Å²) in [6.45, 7) is 0. The molecule has 8 heteroatoms. The van der Waals surface area contributed by atoms with Crippen molar-refractivity contribution in [2.75, 3.05) is 0 Å². The smallest absolute Gasteiger partial charge is 0.201 e. The van der Waals surface area contributed by atoms with E-state index in [2.05, 4.69) is 4.98 Å². The highest BCUT2D eigenvalue weighted by Crippen LogP contribution is 2.22. The number of carbonyl (C=O) groups is 1. The molecule has 0 saturated carbocycles. The molecule has 0 atom stereocenters. The van der Waals surface area contributed by atoms with Crippen molar-refractivity contribution in [2.45, 2.75) is 0 Å². The molecule has 0 unspecified atom stereocenters. The molecule has 0 radical (unpaired) electrons. The number of aromatic nitrogens is 2. The van der Waals surface area contributed by atoms with E-state index in [1.807, 2.05) is 0 Å². The fourth-order valence-electron chi connectivity index (χ4n) is 2.17. The van der Waals surface area contributed by atoms with E-state index in [-0.39, 0.29) is 28.6 Å². The maximum atomic E-state index is 14.0. The summed E-state index contributed by atoms with van der Waals surface area (Å²) < 4.78 is 41.7. The van der Waals surface area contributed by atoms with Gasteiger partial charge in [-0.3, -0.25) is 14.2 Å². The third-order valence-electron chi connectivity index (χ3n) is 3.21. The van der Waals surface area contributed by atoms with Crippen LogP contribution in [0.3, 0.4) is 0 Å². The van der Waals surface area contributed by atoms with Crippen molar-refractivity contribution < 1.29 is 18.0 Å². The van der Waals surface area contributed by atoms with Crippen molar-refractivity contribution >= 4 is 28.9 Å². The van der Waals surface area contributed by atoms with E-state index in [1.54, 1.807) is 0 Å². The van der Waals surface area contributed by atoms with Gasteiger partial charge in [-0.1, -0.05) is 11.6 Å². The first-order valence-corrected chi connectivity index (χ1v) is 6.62. The second-order valence-electron chi connectivity index (χ2n) is 4.63. The quantitative estimate of drug-likeness (QED) is 0.532. The minimum atomic E-state index is -0.953. The van der Waals surface area contributed by atoms with Crippen LogP contribution in [0.4, 0.5) is 13.2 Å². The van der Waals surface area contributed by atoms with Crippen molar-refractivity contribution in [3.63, 3.8) is 0 Å². The molecular weight excluding hydrogens is 333 g/mol. The minimum Gasteiger partial charge on any atom is -0.298 e. The first-order valence-electron chi connectivity index (χ1n) is 6.24. The highest BCUT2D eigenvalue weighted by Gasteiger charge is 2.16. The van der Waals surface area contributed by atoms with Crippen molar-refractivity contribution in [2.24, 2.45) is 0 Å². The Labute approximate surface area is 131 Å². The predicted molar refractivity (Wildman–Crippen MR) is 77.6 cm³/mol. The Balaban J connectivity index is 2.49. The number of rotatable bonds is 2. The molecule has 4 nitrogen and oxygen atoms in total. The van der Waals surface area contributed by atoms with Gasteiger partial charge >= 0.3 is 0 Å². The lowest BCUT2D eigenvalue weighted by molar-refractivity contribution is 0.112. The number of pyridine rings is 2. The van der Waals surface area contributed by atoms with Crippen LogP contribution in [0.5, 0.6) is 0 Å². The molecule has 0 fully saturated rings. The van der Waals surface area contributed by atoms with Crippen LogP contribution in [0.1, 0.15) is 10.4 Å². The van der Waals surface area contributed by atoms with Crippen LogP contribution >= 0.6 is 11.6 Å². The average Bonchev–Trinajstić information content (AvgIpc) is 2.51. The molecular formula is C15H6ClF3N2O2. The molecule has 0 amide bonds. The summed E-state index contributed by atoms with van der Waals surface area (Å²) in [4.78, 5) is 26.9. The number of halogens is 4. The Morgan fingerprint density at radius 2 is 1.87 bits per heavy atom. The fourth-order valence-corrected chi connectivity index (χ4v) is 2.30. The normalized spacial score (nSPS) is 11.0. The highest BCUT2D eigenvalue weighted by atomic mass is 35.5. The molecule has 23 heavy (non-hydrogen) atoms. The number of carbonyl (C=O) groups excluding carboxylic acids is 1. The summed E-state index contributed by atoms with van der Waals surface area (Å²) in [5, 5.41) is -0.771. The summed E-state index contributed by atoms with van der Waals surface area (Å²) in [6.07, 6.45) is 1.29. The van der Waals surface area contributed by atoms with Gasteiger partial charge in [0.2, 0.25) is 5.43 Å². The second-order valence-corrected chi connectivity index (χ2v) is 4.99. The van der Waals surface area contributed by atoms with E-state index in [4.69, 9.17) is 11.6 Å². The van der Waals surface area contributed by atoms with Crippen LogP contribution in [-0.2, 0) is 0 Å². The van der Waals surface area contributed by atoms with Gasteiger partial charge in [0.15, 0.2) is 22.9 Å². The Morgan fingerprint density at radius 3 is 2.52 bits per heavy atom. The Kier molecular flexibility index (Phi) is 3.65. The zero-order chi connectivity index (χ0) is 16.7. The van der Waals surface area contributed by atoms with E-state index < -0.39 is 28.0 Å². The van der Waals surface area contributed by atoms with Gasteiger partial charge < -0.3 is 0 Å². The van der Waals surface area contributed by atoms with E-state index in [0.717, 1.165) is 29.0 Å². The van der Waals surface area contributed by atoms with E-state index >= 15 is 0 Å². The predicted octanol–water partition coefficient (Wildman–Crippen LogP) is 3.27. The number of aldehydes is 1. The lowest BCUT2D eigenvalue weighted by Gasteiger charge is -2.12. The van der Waals surface area contributed by atoms with E-state index in [0.29, 0.717) is 6.07 Å². The fraction of sp³-hybridized carbons (Fsp3) is 0. The van der Waals surface area contributed by atoms with Crippen LogP contribution < -0.4 is 5.43 Å². The van der Waals surface area contributed by atoms with Crippen LogP contribution in [0, 0.1) is 17.5 Å². The molecule has 3 rings (SSSR count). The van der Waals surface area contributed by atoms with Crippen LogP contribution in [0.15, 0.2) is 35.3 Å². The summed E-state index contributed by atoms with van der Waals surface area (Å²) in [5.74, 6) is -2.70. The Bertz CT molecular complexity index is 1020. The first kappa shape index (κ1) is 15.2. The average molecular weight is 339 g/mol. The van der Waals surface area contributed by atoms with Crippen LogP contribution in [0.2, 0.25) is 5.15 Å². The molecule has 2 heterocycles. The minimum absolute atomic E-state index is 0.155. The monoisotopic (exact) mass is 338 g/mol. The number of hydrogen-bond acceptors (Lipinski definition) is 3. The van der Waals surface area contributed by atoms with Crippen LogP contribution in [0.25, 0.3) is 16.7 Å². The molecule has 0 aliphatic rings. The van der Waals surface area contributed by atoms with Gasteiger partial charge in [-0.25, -0.2) is 18.2 Å². The molecule has 0 aliphatic carbocycles. The molecule has 0 aliphatic heterocycles. The third kappa shape index (κ3) is 2.49. The number of benzene rings is 1. The van der Waals surface area contributed by atoms with E-state index in [1.165, 1.54) is 0 Å². The molecule has 3 aromatic rings. The summed E-state index contributed by atoms with van der Waals surface area (Å²) in [5.41, 5.74) is -1.42. The Hall–Kier alpha value is -2.67. The summed E-state index contributed by atoms with van der Waals surface area (Å²) in [6, 6.07) is 3.54. The standard InChI is InChI=1S/C15H6ClF3N2O2/c16-14-11(19)4-9-13(23)7(6-22)5-21(15(9)20-14)12-2-1-8(17)3-10(12)18/h1-6H. The molecule has 1 aromatic carbocycles. The molecule has 0 bridgehead atoms. The lowest BCUT2D eigenvalue weighted by atomic mass is 10.2. The maximum Gasteiger partial charge on any atom is 0.201 e. The number of fused-ring (bicyclic) bond motifs is 1. The molecule has 0 saturated heterocycles. The van der Waals surface area contributed by atoms with Crippen molar-refractivity contribution in [1.29, 1.82) is 0 Å². The van der Waals surface area contributed by atoms with Crippen molar-refractivity contribution in [1.82, 2.24) is 9.55 Å². The van der Waals surface area contributed by atoms with Gasteiger partial charge in [-0.15, -0.1) is 0 Å². The number of hydrogen-bond donors (Lipinski definition) is 0. The van der Waals surface area contributed by atoms with Gasteiger partial charge in [-0.05, 0) is 18.2 Å². The lowest BCUT2D eigenvalue weighted by Crippen LogP contribution is -2.15.